The van der Waals surface area contributed by atoms with Gasteiger partial charge < -0.3 is 19.2 Å². The van der Waals surface area contributed by atoms with Crippen molar-refractivity contribution in [1.82, 2.24) is 19.9 Å². The van der Waals surface area contributed by atoms with Crippen LogP contribution in [0.2, 0.25) is 5.02 Å². The van der Waals surface area contributed by atoms with E-state index in [1.54, 1.807) is 29.1 Å². The van der Waals surface area contributed by atoms with Crippen LogP contribution < -0.4 is 4.74 Å². The first-order valence-electron chi connectivity index (χ1n) is 9.35. The summed E-state index contributed by atoms with van der Waals surface area (Å²) in [5, 5.41) is 19.2. The van der Waals surface area contributed by atoms with Crippen LogP contribution in [0.25, 0.3) is 33.7 Å². The second kappa shape index (κ2) is 8.25. The maximum Gasteiger partial charge on any atom is 0.258 e. The number of hydrogen-bond acceptors (Lipinski definition) is 7. The Kier molecular flexibility index (Phi) is 5.52. The predicted molar refractivity (Wildman–Crippen MR) is 111 cm³/mol. The maximum atomic E-state index is 10.7. The summed E-state index contributed by atoms with van der Waals surface area (Å²) in [5.74, 6) is 1.30. The smallest absolute Gasteiger partial charge is 0.258 e. The lowest BCUT2D eigenvalue weighted by Gasteiger charge is -2.11. The molecule has 30 heavy (non-hydrogen) atoms. The second-order valence-corrected chi connectivity index (χ2v) is 7.41. The molecule has 0 aliphatic carbocycles. The number of rotatable bonds is 7. The van der Waals surface area contributed by atoms with E-state index in [0.29, 0.717) is 34.3 Å². The van der Waals surface area contributed by atoms with E-state index in [4.69, 9.17) is 20.9 Å². The number of aliphatic hydroxyl groups excluding tert-OH is 1. The molecule has 0 bridgehead atoms. The highest BCUT2D eigenvalue weighted by Gasteiger charge is 2.17. The Morgan fingerprint density at radius 3 is 2.87 bits per heavy atom. The van der Waals surface area contributed by atoms with Crippen LogP contribution in [-0.2, 0) is 11.3 Å². The quantitative estimate of drug-likeness (QED) is 0.449. The number of nitrogens with zero attached hydrogens (tertiary/aromatic N) is 4. The van der Waals surface area contributed by atoms with E-state index in [9.17, 15) is 9.90 Å². The molecule has 9 heteroatoms. The average molecular weight is 427 g/mol. The second-order valence-electron chi connectivity index (χ2n) is 7.00. The summed E-state index contributed by atoms with van der Waals surface area (Å²) in [5.41, 5.74) is 2.14. The van der Waals surface area contributed by atoms with E-state index >= 15 is 0 Å². The number of aliphatic hydroxyl groups is 1. The van der Waals surface area contributed by atoms with Gasteiger partial charge in [0.15, 0.2) is 0 Å². The summed E-state index contributed by atoms with van der Waals surface area (Å²) in [7, 11) is 0. The van der Waals surface area contributed by atoms with Crippen molar-refractivity contribution in [3.63, 3.8) is 0 Å². The molecular formula is C21H19ClN4O4. The molecule has 0 amide bonds. The maximum absolute atomic E-state index is 10.7. The Morgan fingerprint density at radius 1 is 1.30 bits per heavy atom. The molecule has 0 fully saturated rings. The lowest BCUT2D eigenvalue weighted by atomic mass is 10.1. The average Bonchev–Trinajstić information content (AvgIpc) is 3.37. The SMILES string of the molecule is CC(C)Oc1ccc(-c2nc(-c3cccc4c3cnn4CC(O)C=O)no2)cc1Cl. The summed E-state index contributed by atoms with van der Waals surface area (Å²) >= 11 is 6.31. The van der Waals surface area contributed by atoms with Crippen LogP contribution in [0.4, 0.5) is 0 Å². The highest BCUT2D eigenvalue weighted by atomic mass is 35.5. The van der Waals surface area contributed by atoms with Crippen LogP contribution in [0.1, 0.15) is 13.8 Å². The van der Waals surface area contributed by atoms with Crippen LogP contribution in [0.5, 0.6) is 5.75 Å². The molecule has 0 saturated carbocycles. The molecule has 1 atom stereocenters. The Bertz CT molecular complexity index is 1200. The summed E-state index contributed by atoms with van der Waals surface area (Å²) in [4.78, 5) is 15.2. The number of fused-ring (bicyclic) bond motifs is 1. The molecule has 0 aliphatic heterocycles. The number of carbonyl (C=O) groups excluding carboxylic acids is 1. The van der Waals surface area contributed by atoms with E-state index in [0.717, 1.165) is 16.5 Å². The highest BCUT2D eigenvalue weighted by Crippen LogP contribution is 2.32. The van der Waals surface area contributed by atoms with Crippen molar-refractivity contribution < 1.29 is 19.2 Å². The number of aromatic nitrogens is 4. The zero-order valence-corrected chi connectivity index (χ0v) is 17.1. The van der Waals surface area contributed by atoms with Crippen molar-refractivity contribution in [2.45, 2.75) is 32.6 Å². The van der Waals surface area contributed by atoms with Crippen LogP contribution in [0.15, 0.2) is 47.1 Å². The first kappa shape index (κ1) is 20.1. The van der Waals surface area contributed by atoms with Gasteiger partial charge in [0, 0.05) is 16.5 Å². The summed E-state index contributed by atoms with van der Waals surface area (Å²) in [6.45, 7) is 3.92. The first-order chi connectivity index (χ1) is 14.5. The Balaban J connectivity index is 1.67. The zero-order chi connectivity index (χ0) is 21.3. The third-order valence-electron chi connectivity index (χ3n) is 4.41. The molecule has 2 aromatic carbocycles. The molecule has 0 spiro atoms. The van der Waals surface area contributed by atoms with E-state index in [1.165, 1.54) is 0 Å². The van der Waals surface area contributed by atoms with Crippen molar-refractivity contribution in [3.05, 3.63) is 47.6 Å². The highest BCUT2D eigenvalue weighted by molar-refractivity contribution is 6.32. The van der Waals surface area contributed by atoms with Crippen molar-refractivity contribution in [2.75, 3.05) is 0 Å². The van der Waals surface area contributed by atoms with Crippen molar-refractivity contribution in [2.24, 2.45) is 0 Å². The van der Waals surface area contributed by atoms with Gasteiger partial charge in [-0.3, -0.25) is 4.68 Å². The molecular weight excluding hydrogens is 408 g/mol. The largest absolute Gasteiger partial charge is 0.489 e. The van der Waals surface area contributed by atoms with Gasteiger partial charge >= 0.3 is 0 Å². The van der Waals surface area contributed by atoms with Gasteiger partial charge in [-0.1, -0.05) is 28.9 Å². The van der Waals surface area contributed by atoms with Gasteiger partial charge in [0.2, 0.25) is 5.82 Å². The minimum atomic E-state index is -1.12. The van der Waals surface area contributed by atoms with Gasteiger partial charge in [-0.05, 0) is 38.1 Å². The normalized spacial score (nSPS) is 12.4. The van der Waals surface area contributed by atoms with Gasteiger partial charge in [0.25, 0.3) is 5.89 Å². The first-order valence-corrected chi connectivity index (χ1v) is 9.72. The number of aldehydes is 1. The molecule has 2 heterocycles. The fourth-order valence-electron chi connectivity index (χ4n) is 3.10. The molecule has 1 N–H and O–H groups in total. The van der Waals surface area contributed by atoms with E-state index in [1.807, 2.05) is 32.0 Å². The van der Waals surface area contributed by atoms with Gasteiger partial charge in [0.05, 0.1) is 29.4 Å². The van der Waals surface area contributed by atoms with Crippen LogP contribution in [-0.4, -0.2) is 43.5 Å². The monoisotopic (exact) mass is 426 g/mol. The third-order valence-corrected chi connectivity index (χ3v) is 4.71. The predicted octanol–water partition coefficient (Wildman–Crippen LogP) is 3.75. The van der Waals surface area contributed by atoms with Crippen molar-refractivity contribution in [1.29, 1.82) is 0 Å². The topological polar surface area (TPSA) is 103 Å². The van der Waals surface area contributed by atoms with Crippen molar-refractivity contribution in [3.8, 4) is 28.6 Å². The Labute approximate surface area is 177 Å². The summed E-state index contributed by atoms with van der Waals surface area (Å²) in [6, 6.07) is 10.8. The van der Waals surface area contributed by atoms with Crippen LogP contribution in [0, 0.1) is 0 Å². The Morgan fingerprint density at radius 2 is 2.13 bits per heavy atom. The van der Waals surface area contributed by atoms with Crippen molar-refractivity contribution >= 4 is 28.8 Å². The van der Waals surface area contributed by atoms with Gasteiger partial charge in [-0.25, -0.2) is 0 Å². The molecule has 4 rings (SSSR count). The molecule has 2 aromatic heterocycles. The molecule has 8 nitrogen and oxygen atoms in total. The number of ether oxygens (including phenoxy) is 1. The minimum Gasteiger partial charge on any atom is -0.489 e. The fourth-order valence-corrected chi connectivity index (χ4v) is 3.32. The molecule has 154 valence electrons. The number of carbonyl (C=O) groups is 1. The third kappa shape index (κ3) is 3.92. The van der Waals surface area contributed by atoms with Gasteiger partial charge in [-0.15, -0.1) is 0 Å². The molecule has 0 saturated heterocycles. The Hall–Kier alpha value is -3.23. The lowest BCUT2D eigenvalue weighted by molar-refractivity contribution is -0.115. The molecule has 0 radical (unpaired) electrons. The standard InChI is InChI=1S/C21H19ClN4O4/c1-12(2)29-19-7-6-13(8-17(19)22)21-24-20(25-30-21)15-4-3-5-18-16(15)9-23-26(18)10-14(28)11-27/h3-9,11-12,14,28H,10H2,1-2H3. The van der Waals surface area contributed by atoms with E-state index in [2.05, 4.69) is 15.2 Å². The van der Waals surface area contributed by atoms with Gasteiger partial charge in [-0.2, -0.15) is 10.1 Å². The molecule has 4 aromatic rings. The number of hydrogen-bond donors (Lipinski definition) is 1. The van der Waals surface area contributed by atoms with E-state index < -0.39 is 6.10 Å². The minimum absolute atomic E-state index is 0.0115. The lowest BCUT2D eigenvalue weighted by Crippen LogP contribution is -2.17. The molecule has 1 unspecified atom stereocenters. The fraction of sp³-hybridized carbons (Fsp3) is 0.238. The van der Waals surface area contributed by atoms with Crippen LogP contribution >= 0.6 is 11.6 Å². The van der Waals surface area contributed by atoms with Crippen LogP contribution in [0.3, 0.4) is 0 Å². The van der Waals surface area contributed by atoms with Gasteiger partial charge in [0.1, 0.15) is 18.1 Å². The number of halogens is 1. The number of benzene rings is 2. The molecule has 0 aliphatic rings. The van der Waals surface area contributed by atoms with E-state index in [-0.39, 0.29) is 12.6 Å². The summed E-state index contributed by atoms with van der Waals surface area (Å²) < 4.78 is 12.7. The summed E-state index contributed by atoms with van der Waals surface area (Å²) in [6.07, 6.45) is 1.01. The zero-order valence-electron chi connectivity index (χ0n) is 16.3.